The van der Waals surface area contributed by atoms with Gasteiger partial charge < -0.3 is 15.0 Å². The van der Waals surface area contributed by atoms with Crippen LogP contribution >= 0.6 is 0 Å². The first kappa shape index (κ1) is 15.6. The van der Waals surface area contributed by atoms with Gasteiger partial charge in [-0.05, 0) is 23.8 Å². The molecule has 0 aliphatic rings. The quantitative estimate of drug-likeness (QED) is 0.882. The highest BCUT2D eigenvalue weighted by Gasteiger charge is 2.11. The molecule has 114 valence electrons. The summed E-state index contributed by atoms with van der Waals surface area (Å²) >= 11 is 0. The van der Waals surface area contributed by atoms with Gasteiger partial charge in [0.15, 0.2) is 0 Å². The van der Waals surface area contributed by atoms with Crippen molar-refractivity contribution in [2.45, 2.75) is 6.54 Å². The second kappa shape index (κ2) is 7.26. The van der Waals surface area contributed by atoms with Crippen molar-refractivity contribution >= 4 is 17.7 Å². The maximum Gasteiger partial charge on any atom is 0.337 e. The Bertz CT molecular complexity index is 656. The number of anilines is 1. The lowest BCUT2D eigenvalue weighted by atomic mass is 10.2. The van der Waals surface area contributed by atoms with Gasteiger partial charge in [-0.1, -0.05) is 36.4 Å². The van der Waals surface area contributed by atoms with Gasteiger partial charge in [-0.3, -0.25) is 0 Å². The standard InChI is InChI=1S/C17H18N2O3/c1-19(12-13-7-4-3-5-8-13)17(21)18-15-10-6-9-14(11-15)16(20)22-2/h3-11H,12H2,1-2H3,(H,18,21). The van der Waals surface area contributed by atoms with E-state index in [-0.39, 0.29) is 6.03 Å². The van der Waals surface area contributed by atoms with Crippen molar-refractivity contribution in [1.82, 2.24) is 4.90 Å². The molecule has 5 nitrogen and oxygen atoms in total. The van der Waals surface area contributed by atoms with E-state index in [0.717, 1.165) is 5.56 Å². The topological polar surface area (TPSA) is 58.6 Å². The number of rotatable bonds is 4. The van der Waals surface area contributed by atoms with Crippen molar-refractivity contribution in [1.29, 1.82) is 0 Å². The van der Waals surface area contributed by atoms with Crippen LogP contribution in [0.5, 0.6) is 0 Å². The van der Waals surface area contributed by atoms with Crippen molar-refractivity contribution in [3.05, 3.63) is 65.7 Å². The van der Waals surface area contributed by atoms with E-state index in [1.54, 1.807) is 36.2 Å². The summed E-state index contributed by atoms with van der Waals surface area (Å²) in [6.07, 6.45) is 0. The summed E-state index contributed by atoms with van der Waals surface area (Å²) in [5.74, 6) is -0.436. The summed E-state index contributed by atoms with van der Waals surface area (Å²) in [6, 6.07) is 16.1. The highest BCUT2D eigenvalue weighted by Crippen LogP contribution is 2.13. The molecular formula is C17H18N2O3. The molecule has 0 unspecified atom stereocenters. The molecule has 0 aliphatic carbocycles. The van der Waals surface area contributed by atoms with Gasteiger partial charge in [0, 0.05) is 19.3 Å². The second-order valence-corrected chi connectivity index (χ2v) is 4.84. The van der Waals surface area contributed by atoms with Crippen LogP contribution in [0.15, 0.2) is 54.6 Å². The normalized spacial score (nSPS) is 9.91. The molecule has 0 saturated heterocycles. The van der Waals surface area contributed by atoms with E-state index in [2.05, 4.69) is 10.1 Å². The molecule has 5 heteroatoms. The predicted octanol–water partition coefficient (Wildman–Crippen LogP) is 3.14. The molecule has 0 fully saturated rings. The Kier molecular flexibility index (Phi) is 5.14. The van der Waals surface area contributed by atoms with Crippen molar-refractivity contribution in [2.24, 2.45) is 0 Å². The molecule has 22 heavy (non-hydrogen) atoms. The van der Waals surface area contributed by atoms with E-state index in [4.69, 9.17) is 0 Å². The third-order valence-electron chi connectivity index (χ3n) is 3.14. The Morgan fingerprint density at radius 1 is 1.09 bits per heavy atom. The smallest absolute Gasteiger partial charge is 0.337 e. The Morgan fingerprint density at radius 2 is 1.82 bits per heavy atom. The minimum absolute atomic E-state index is 0.245. The number of carbonyl (C=O) groups is 2. The third kappa shape index (κ3) is 4.09. The lowest BCUT2D eigenvalue weighted by Crippen LogP contribution is -2.30. The number of hydrogen-bond acceptors (Lipinski definition) is 3. The van der Waals surface area contributed by atoms with Gasteiger partial charge in [-0.15, -0.1) is 0 Å². The Hall–Kier alpha value is -2.82. The third-order valence-corrected chi connectivity index (χ3v) is 3.14. The number of benzene rings is 2. The molecule has 0 heterocycles. The number of urea groups is 1. The fourth-order valence-electron chi connectivity index (χ4n) is 1.99. The number of ether oxygens (including phenoxy) is 1. The fourth-order valence-corrected chi connectivity index (χ4v) is 1.99. The van der Waals surface area contributed by atoms with Gasteiger partial charge in [0.1, 0.15) is 0 Å². The van der Waals surface area contributed by atoms with Gasteiger partial charge in [-0.2, -0.15) is 0 Å². The molecule has 0 saturated carbocycles. The van der Waals surface area contributed by atoms with Crippen LogP contribution in [0.3, 0.4) is 0 Å². The lowest BCUT2D eigenvalue weighted by molar-refractivity contribution is 0.0600. The SMILES string of the molecule is COC(=O)c1cccc(NC(=O)N(C)Cc2ccccc2)c1. The fraction of sp³-hybridized carbons (Fsp3) is 0.176. The number of amides is 2. The van der Waals surface area contributed by atoms with Crippen LogP contribution in [-0.2, 0) is 11.3 Å². The first-order chi connectivity index (χ1) is 10.6. The van der Waals surface area contributed by atoms with Crippen molar-refractivity contribution < 1.29 is 14.3 Å². The van der Waals surface area contributed by atoms with Crippen LogP contribution in [0.2, 0.25) is 0 Å². The van der Waals surface area contributed by atoms with Crippen LogP contribution in [0, 0.1) is 0 Å². The zero-order valence-electron chi connectivity index (χ0n) is 12.6. The molecule has 2 amide bonds. The monoisotopic (exact) mass is 298 g/mol. The zero-order chi connectivity index (χ0) is 15.9. The summed E-state index contributed by atoms with van der Waals surface area (Å²) in [5, 5.41) is 2.76. The average molecular weight is 298 g/mol. The molecular weight excluding hydrogens is 280 g/mol. The average Bonchev–Trinajstić information content (AvgIpc) is 2.55. The van der Waals surface area contributed by atoms with E-state index in [0.29, 0.717) is 17.8 Å². The van der Waals surface area contributed by atoms with Crippen LogP contribution in [0.25, 0.3) is 0 Å². The molecule has 0 aromatic heterocycles. The van der Waals surface area contributed by atoms with Crippen LogP contribution in [0.1, 0.15) is 15.9 Å². The molecule has 2 aromatic carbocycles. The second-order valence-electron chi connectivity index (χ2n) is 4.84. The van der Waals surface area contributed by atoms with Gasteiger partial charge in [0.05, 0.1) is 12.7 Å². The van der Waals surface area contributed by atoms with E-state index < -0.39 is 5.97 Å². The van der Waals surface area contributed by atoms with Gasteiger partial charge in [-0.25, -0.2) is 9.59 Å². The number of nitrogens with zero attached hydrogens (tertiary/aromatic N) is 1. The van der Waals surface area contributed by atoms with E-state index in [1.807, 2.05) is 30.3 Å². The zero-order valence-corrected chi connectivity index (χ0v) is 12.6. The van der Waals surface area contributed by atoms with Gasteiger partial charge in [0.2, 0.25) is 0 Å². The highest BCUT2D eigenvalue weighted by molar-refractivity contribution is 5.93. The summed E-state index contributed by atoms with van der Waals surface area (Å²) in [6.45, 7) is 0.503. The largest absolute Gasteiger partial charge is 0.465 e. The minimum atomic E-state index is -0.436. The van der Waals surface area contributed by atoms with Crippen LogP contribution in [-0.4, -0.2) is 31.1 Å². The number of carbonyl (C=O) groups excluding carboxylic acids is 2. The number of methoxy groups -OCH3 is 1. The summed E-state index contributed by atoms with van der Waals surface area (Å²) in [4.78, 5) is 25.2. The van der Waals surface area contributed by atoms with Gasteiger partial charge >= 0.3 is 12.0 Å². The first-order valence-electron chi connectivity index (χ1n) is 6.84. The molecule has 2 rings (SSSR count). The Labute approximate surface area is 129 Å². The minimum Gasteiger partial charge on any atom is -0.465 e. The Balaban J connectivity index is 2.01. The summed E-state index contributed by atoms with van der Waals surface area (Å²) in [5.41, 5.74) is 1.99. The molecule has 0 spiro atoms. The molecule has 0 atom stereocenters. The van der Waals surface area contributed by atoms with E-state index in [1.165, 1.54) is 7.11 Å². The molecule has 0 radical (unpaired) electrons. The summed E-state index contributed by atoms with van der Waals surface area (Å²) < 4.78 is 4.66. The molecule has 1 N–H and O–H groups in total. The van der Waals surface area contributed by atoms with Crippen molar-refractivity contribution in [3.8, 4) is 0 Å². The summed E-state index contributed by atoms with van der Waals surface area (Å²) in [7, 11) is 3.04. The maximum absolute atomic E-state index is 12.2. The lowest BCUT2D eigenvalue weighted by Gasteiger charge is -2.18. The van der Waals surface area contributed by atoms with E-state index >= 15 is 0 Å². The highest BCUT2D eigenvalue weighted by atomic mass is 16.5. The first-order valence-corrected chi connectivity index (χ1v) is 6.84. The number of nitrogens with one attached hydrogen (secondary N) is 1. The van der Waals surface area contributed by atoms with Crippen molar-refractivity contribution in [2.75, 3.05) is 19.5 Å². The predicted molar refractivity (Wildman–Crippen MR) is 84.7 cm³/mol. The number of hydrogen-bond donors (Lipinski definition) is 1. The molecule has 0 aliphatic heterocycles. The number of esters is 1. The van der Waals surface area contributed by atoms with Crippen molar-refractivity contribution in [3.63, 3.8) is 0 Å². The maximum atomic E-state index is 12.2. The van der Waals surface area contributed by atoms with Crippen LogP contribution < -0.4 is 5.32 Å². The molecule has 2 aromatic rings. The van der Waals surface area contributed by atoms with Gasteiger partial charge in [0.25, 0.3) is 0 Å². The van der Waals surface area contributed by atoms with Crippen LogP contribution in [0.4, 0.5) is 10.5 Å². The molecule has 0 bridgehead atoms. The van der Waals surface area contributed by atoms with E-state index in [9.17, 15) is 9.59 Å². The Morgan fingerprint density at radius 3 is 2.50 bits per heavy atom.